The molecule has 2 aromatic carbocycles. The Morgan fingerprint density at radius 1 is 1.10 bits per heavy atom. The molecule has 5 nitrogen and oxygen atoms in total. The van der Waals surface area contributed by atoms with Crippen molar-refractivity contribution in [1.29, 1.82) is 0 Å². The first-order chi connectivity index (χ1) is 14.1. The normalized spacial score (nSPS) is 15.7. The third kappa shape index (κ3) is 4.67. The Hall–Kier alpha value is -2.66. The molecule has 1 fully saturated rings. The summed E-state index contributed by atoms with van der Waals surface area (Å²) in [5, 5.41) is 2.89. The van der Waals surface area contributed by atoms with Gasteiger partial charge in [0.2, 0.25) is 5.91 Å². The molecule has 0 unspecified atom stereocenters. The van der Waals surface area contributed by atoms with Crippen molar-refractivity contribution in [1.82, 2.24) is 14.5 Å². The predicted octanol–water partition coefficient (Wildman–Crippen LogP) is 4.57. The monoisotopic (exact) mass is 390 g/mol. The van der Waals surface area contributed by atoms with E-state index in [1.165, 1.54) is 23.9 Å². The van der Waals surface area contributed by atoms with Crippen LogP contribution in [0, 0.1) is 6.92 Å². The molecule has 0 saturated carbocycles. The van der Waals surface area contributed by atoms with Gasteiger partial charge in [-0.2, -0.15) is 0 Å². The summed E-state index contributed by atoms with van der Waals surface area (Å²) in [5.74, 6) is 1.67. The summed E-state index contributed by atoms with van der Waals surface area (Å²) >= 11 is 0. The Balaban J connectivity index is 1.28. The van der Waals surface area contributed by atoms with Gasteiger partial charge in [0.15, 0.2) is 0 Å². The number of carbonyl (C=O) groups excluding carboxylic acids is 1. The number of hydrogen-bond donors (Lipinski definition) is 1. The van der Waals surface area contributed by atoms with Crippen LogP contribution < -0.4 is 5.32 Å². The molecule has 1 aliphatic heterocycles. The molecule has 1 aliphatic rings. The fourth-order valence-electron chi connectivity index (χ4n) is 4.49. The minimum absolute atomic E-state index is 0.0159. The quantitative estimate of drug-likeness (QED) is 0.671. The fourth-order valence-corrected chi connectivity index (χ4v) is 4.49. The van der Waals surface area contributed by atoms with Crippen LogP contribution in [0.25, 0.3) is 11.0 Å². The van der Waals surface area contributed by atoms with Gasteiger partial charge in [-0.1, -0.05) is 24.3 Å². The number of piperidine rings is 1. The van der Waals surface area contributed by atoms with Gasteiger partial charge in [-0.3, -0.25) is 4.79 Å². The lowest BCUT2D eigenvalue weighted by Crippen LogP contribution is -2.34. The molecule has 29 heavy (non-hydrogen) atoms. The van der Waals surface area contributed by atoms with Gasteiger partial charge >= 0.3 is 0 Å². The van der Waals surface area contributed by atoms with E-state index in [1.54, 1.807) is 6.92 Å². The maximum Gasteiger partial charge on any atom is 0.221 e. The number of aromatic nitrogens is 2. The highest BCUT2D eigenvalue weighted by Crippen LogP contribution is 2.29. The van der Waals surface area contributed by atoms with Crippen LogP contribution in [0.15, 0.2) is 48.5 Å². The zero-order valence-corrected chi connectivity index (χ0v) is 17.4. The van der Waals surface area contributed by atoms with Crippen LogP contribution in [0.1, 0.15) is 43.5 Å². The largest absolute Gasteiger partial charge is 0.328 e. The number of likely N-dealkylation sites (tertiary alicyclic amines) is 1. The summed E-state index contributed by atoms with van der Waals surface area (Å²) < 4.78 is 2.34. The Morgan fingerprint density at radius 2 is 1.90 bits per heavy atom. The highest BCUT2D eigenvalue weighted by molar-refractivity contribution is 5.88. The Bertz CT molecular complexity index is 985. The van der Waals surface area contributed by atoms with Crippen molar-refractivity contribution in [3.05, 3.63) is 59.9 Å². The lowest BCUT2D eigenvalue weighted by Gasteiger charge is -2.32. The van der Waals surface area contributed by atoms with E-state index in [4.69, 9.17) is 0 Å². The summed E-state index contributed by atoms with van der Waals surface area (Å²) in [6.45, 7) is 8.08. The molecule has 0 aliphatic carbocycles. The minimum Gasteiger partial charge on any atom is -0.328 e. The molecule has 0 atom stereocenters. The van der Waals surface area contributed by atoms with Crippen molar-refractivity contribution in [3.63, 3.8) is 0 Å². The highest BCUT2D eigenvalue weighted by atomic mass is 16.1. The Labute approximate surface area is 172 Å². The molecule has 1 N–H and O–H groups in total. The van der Waals surface area contributed by atoms with Gasteiger partial charge in [0, 0.05) is 19.2 Å². The molecular weight excluding hydrogens is 360 g/mol. The molecule has 4 rings (SSSR count). The van der Waals surface area contributed by atoms with E-state index >= 15 is 0 Å². The SMILES string of the molecule is CC(=O)Nc1cccc(C2CCN(CCCn3c(C)nc4ccccc43)CC2)c1. The van der Waals surface area contributed by atoms with Crippen LogP contribution in [0.5, 0.6) is 0 Å². The average molecular weight is 391 g/mol. The van der Waals surface area contributed by atoms with Crippen LogP contribution in [-0.4, -0.2) is 40.0 Å². The lowest BCUT2D eigenvalue weighted by atomic mass is 9.89. The number of fused-ring (bicyclic) bond motifs is 1. The van der Waals surface area contributed by atoms with Gasteiger partial charge in [-0.25, -0.2) is 4.98 Å². The molecule has 0 bridgehead atoms. The molecule has 1 aromatic heterocycles. The zero-order valence-electron chi connectivity index (χ0n) is 17.4. The van der Waals surface area contributed by atoms with Gasteiger partial charge in [0.05, 0.1) is 11.0 Å². The van der Waals surface area contributed by atoms with E-state index in [9.17, 15) is 4.79 Å². The molecule has 2 heterocycles. The average Bonchev–Trinajstić information content (AvgIpc) is 3.03. The third-order valence-electron chi connectivity index (χ3n) is 5.97. The number of aryl methyl sites for hydroxylation is 2. The predicted molar refractivity (Wildman–Crippen MR) is 118 cm³/mol. The second kappa shape index (κ2) is 8.78. The molecule has 0 spiro atoms. The number of carbonyl (C=O) groups is 1. The Morgan fingerprint density at radius 3 is 2.69 bits per heavy atom. The molecule has 1 saturated heterocycles. The van der Waals surface area contributed by atoms with Crippen molar-refractivity contribution in [3.8, 4) is 0 Å². The smallest absolute Gasteiger partial charge is 0.221 e. The molecule has 0 radical (unpaired) electrons. The van der Waals surface area contributed by atoms with Crippen LogP contribution in [0.3, 0.4) is 0 Å². The topological polar surface area (TPSA) is 50.2 Å². The van der Waals surface area contributed by atoms with Crippen molar-refractivity contribution >= 4 is 22.6 Å². The third-order valence-corrected chi connectivity index (χ3v) is 5.97. The fraction of sp³-hybridized carbons (Fsp3) is 0.417. The van der Waals surface area contributed by atoms with Crippen molar-refractivity contribution < 1.29 is 4.79 Å². The number of rotatable bonds is 6. The second-order valence-corrected chi connectivity index (χ2v) is 8.08. The van der Waals surface area contributed by atoms with Crippen LogP contribution in [0.4, 0.5) is 5.69 Å². The lowest BCUT2D eigenvalue weighted by molar-refractivity contribution is -0.114. The summed E-state index contributed by atoms with van der Waals surface area (Å²) in [6, 6.07) is 16.7. The number of nitrogens with zero attached hydrogens (tertiary/aromatic N) is 3. The van der Waals surface area contributed by atoms with E-state index in [-0.39, 0.29) is 5.91 Å². The van der Waals surface area contributed by atoms with Crippen LogP contribution in [0.2, 0.25) is 0 Å². The maximum absolute atomic E-state index is 11.3. The molecule has 1 amide bonds. The number of nitrogens with one attached hydrogen (secondary N) is 1. The first kappa shape index (κ1) is 19.6. The highest BCUT2D eigenvalue weighted by Gasteiger charge is 2.20. The van der Waals surface area contributed by atoms with Gasteiger partial charge < -0.3 is 14.8 Å². The number of para-hydroxylation sites is 2. The second-order valence-electron chi connectivity index (χ2n) is 8.08. The van der Waals surface area contributed by atoms with Gasteiger partial charge in [-0.05, 0) is 81.6 Å². The number of benzene rings is 2. The van der Waals surface area contributed by atoms with Gasteiger partial charge in [0.25, 0.3) is 0 Å². The van der Waals surface area contributed by atoms with Gasteiger partial charge in [0.1, 0.15) is 5.82 Å². The van der Waals surface area contributed by atoms with Crippen molar-refractivity contribution in [2.45, 2.75) is 45.6 Å². The summed E-state index contributed by atoms with van der Waals surface area (Å²) in [5.41, 5.74) is 4.58. The summed E-state index contributed by atoms with van der Waals surface area (Å²) in [6.07, 6.45) is 3.50. The van der Waals surface area contributed by atoms with E-state index in [2.05, 4.69) is 63.1 Å². The standard InChI is InChI=1S/C24H30N4O/c1-18-25-23-9-3-4-10-24(23)28(18)14-6-13-27-15-11-20(12-16-27)21-7-5-8-22(17-21)26-19(2)29/h3-5,7-10,17,20H,6,11-16H2,1-2H3,(H,26,29). The number of amides is 1. The molecule has 3 aromatic rings. The number of anilines is 1. The summed E-state index contributed by atoms with van der Waals surface area (Å²) in [7, 11) is 0. The first-order valence-electron chi connectivity index (χ1n) is 10.6. The minimum atomic E-state index is -0.0159. The summed E-state index contributed by atoms with van der Waals surface area (Å²) in [4.78, 5) is 18.6. The molecule has 152 valence electrons. The zero-order chi connectivity index (χ0) is 20.2. The van der Waals surface area contributed by atoms with E-state index in [0.717, 1.165) is 49.6 Å². The van der Waals surface area contributed by atoms with Crippen LogP contribution in [-0.2, 0) is 11.3 Å². The van der Waals surface area contributed by atoms with E-state index < -0.39 is 0 Å². The molecular formula is C24H30N4O. The first-order valence-corrected chi connectivity index (χ1v) is 10.6. The van der Waals surface area contributed by atoms with E-state index in [0.29, 0.717) is 5.92 Å². The van der Waals surface area contributed by atoms with Gasteiger partial charge in [-0.15, -0.1) is 0 Å². The van der Waals surface area contributed by atoms with Crippen molar-refractivity contribution in [2.75, 3.05) is 25.0 Å². The molecule has 5 heteroatoms. The van der Waals surface area contributed by atoms with E-state index in [1.807, 2.05) is 12.1 Å². The maximum atomic E-state index is 11.3. The van der Waals surface area contributed by atoms with Crippen molar-refractivity contribution in [2.24, 2.45) is 0 Å². The van der Waals surface area contributed by atoms with Crippen LogP contribution >= 0.6 is 0 Å². The number of imidazole rings is 1. The number of hydrogen-bond acceptors (Lipinski definition) is 3. The Kier molecular flexibility index (Phi) is 5.95.